The lowest BCUT2D eigenvalue weighted by Crippen LogP contribution is -2.23. The minimum atomic E-state index is -0.242. The van der Waals surface area contributed by atoms with E-state index in [4.69, 9.17) is 9.47 Å². The molecule has 0 unspecified atom stereocenters. The van der Waals surface area contributed by atoms with Gasteiger partial charge in [-0.2, -0.15) is 0 Å². The van der Waals surface area contributed by atoms with Crippen LogP contribution in [0.2, 0.25) is 0 Å². The Morgan fingerprint density at radius 2 is 2.00 bits per heavy atom. The molecule has 0 fully saturated rings. The van der Waals surface area contributed by atoms with Crippen LogP contribution < -0.4 is 10.2 Å². The number of pyridine rings is 1. The maximum Gasteiger partial charge on any atom is 0.173 e. The van der Waals surface area contributed by atoms with Crippen LogP contribution >= 0.6 is 0 Å². The fourth-order valence-corrected chi connectivity index (χ4v) is 1.22. The molecule has 0 saturated carbocycles. The second kappa shape index (κ2) is 6.30. The van der Waals surface area contributed by atoms with E-state index in [1.165, 1.54) is 0 Å². The van der Waals surface area contributed by atoms with Crippen molar-refractivity contribution in [3.05, 3.63) is 18.3 Å². The number of aromatic nitrogens is 1. The van der Waals surface area contributed by atoms with Crippen molar-refractivity contribution in [1.82, 2.24) is 4.98 Å². The Morgan fingerprint density at radius 3 is 2.44 bits per heavy atom. The van der Waals surface area contributed by atoms with E-state index in [0.717, 1.165) is 11.5 Å². The first-order valence-electron chi connectivity index (χ1n) is 5.10. The van der Waals surface area contributed by atoms with Gasteiger partial charge in [0.1, 0.15) is 5.82 Å². The van der Waals surface area contributed by atoms with Crippen molar-refractivity contribution in [3.8, 4) is 0 Å². The molecule has 0 aliphatic rings. The van der Waals surface area contributed by atoms with Crippen molar-refractivity contribution < 1.29 is 9.47 Å². The lowest BCUT2D eigenvalue weighted by molar-refractivity contribution is -0.0914. The van der Waals surface area contributed by atoms with Crippen molar-refractivity contribution >= 4 is 11.5 Å². The molecule has 1 N–H and O–H groups in total. The Labute approximate surface area is 96.4 Å². The summed E-state index contributed by atoms with van der Waals surface area (Å²) in [6.45, 7) is 0.593. The third-order valence-corrected chi connectivity index (χ3v) is 2.20. The standard InChI is InChI=1S/C11H19N3O2/c1-14(2)10-6-5-9(7-13-10)12-8-11(15-3)16-4/h5-7,11-12H,8H2,1-4H3. The largest absolute Gasteiger partial charge is 0.379 e. The summed E-state index contributed by atoms with van der Waals surface area (Å²) in [6.07, 6.45) is 1.55. The summed E-state index contributed by atoms with van der Waals surface area (Å²) in [5.74, 6) is 0.931. The smallest absolute Gasteiger partial charge is 0.173 e. The first-order chi connectivity index (χ1) is 7.67. The first kappa shape index (κ1) is 12.7. The number of rotatable bonds is 6. The quantitative estimate of drug-likeness (QED) is 0.737. The van der Waals surface area contributed by atoms with Crippen LogP contribution in [0.15, 0.2) is 18.3 Å². The maximum absolute atomic E-state index is 5.07. The lowest BCUT2D eigenvalue weighted by Gasteiger charge is -2.15. The molecule has 0 spiro atoms. The summed E-state index contributed by atoms with van der Waals surface area (Å²) >= 11 is 0. The maximum atomic E-state index is 5.07. The third-order valence-electron chi connectivity index (χ3n) is 2.20. The van der Waals surface area contributed by atoms with Crippen molar-refractivity contribution in [3.63, 3.8) is 0 Å². The van der Waals surface area contributed by atoms with E-state index in [9.17, 15) is 0 Å². The summed E-state index contributed by atoms with van der Waals surface area (Å²) in [5, 5.41) is 3.18. The second-order valence-electron chi connectivity index (χ2n) is 3.58. The molecule has 0 amide bonds. The molecule has 0 aromatic carbocycles. The fourth-order valence-electron chi connectivity index (χ4n) is 1.22. The van der Waals surface area contributed by atoms with Gasteiger partial charge in [0.05, 0.1) is 18.4 Å². The Hall–Kier alpha value is -1.33. The highest BCUT2D eigenvalue weighted by molar-refractivity contribution is 5.47. The van der Waals surface area contributed by atoms with Crippen molar-refractivity contribution in [2.75, 3.05) is 45.1 Å². The molecule has 90 valence electrons. The molecule has 0 bridgehead atoms. The topological polar surface area (TPSA) is 46.6 Å². The fraction of sp³-hybridized carbons (Fsp3) is 0.545. The molecule has 1 aromatic heterocycles. The second-order valence-corrected chi connectivity index (χ2v) is 3.58. The van der Waals surface area contributed by atoms with Crippen LogP contribution in [0, 0.1) is 0 Å². The summed E-state index contributed by atoms with van der Waals surface area (Å²) in [4.78, 5) is 6.24. The monoisotopic (exact) mass is 225 g/mol. The molecular formula is C11H19N3O2. The van der Waals surface area contributed by atoms with Crippen LogP contribution in [0.3, 0.4) is 0 Å². The molecule has 1 heterocycles. The molecule has 1 aromatic rings. The number of nitrogens with zero attached hydrogens (tertiary/aromatic N) is 2. The highest BCUT2D eigenvalue weighted by atomic mass is 16.7. The van der Waals surface area contributed by atoms with Crippen molar-refractivity contribution in [2.24, 2.45) is 0 Å². The summed E-state index contributed by atoms with van der Waals surface area (Å²) in [5.41, 5.74) is 0.949. The van der Waals surface area contributed by atoms with E-state index in [1.807, 2.05) is 31.1 Å². The predicted octanol–water partition coefficient (Wildman–Crippen LogP) is 1.18. The van der Waals surface area contributed by atoms with Crippen LogP contribution in [0.1, 0.15) is 0 Å². The van der Waals surface area contributed by atoms with Gasteiger partial charge in [-0.15, -0.1) is 0 Å². The van der Waals surface area contributed by atoms with Gasteiger partial charge in [-0.3, -0.25) is 0 Å². The molecule has 5 nitrogen and oxygen atoms in total. The predicted molar refractivity (Wildman–Crippen MR) is 64.9 cm³/mol. The van der Waals surface area contributed by atoms with Crippen molar-refractivity contribution in [2.45, 2.75) is 6.29 Å². The number of hydrogen-bond acceptors (Lipinski definition) is 5. The molecule has 5 heteroatoms. The van der Waals surface area contributed by atoms with Gasteiger partial charge in [0.25, 0.3) is 0 Å². The summed E-state index contributed by atoms with van der Waals surface area (Å²) < 4.78 is 10.1. The molecular weight excluding hydrogens is 206 g/mol. The van der Waals surface area contributed by atoms with E-state index in [1.54, 1.807) is 20.4 Å². The van der Waals surface area contributed by atoms with Gasteiger partial charge in [0, 0.05) is 28.3 Å². The third kappa shape index (κ3) is 3.67. The van der Waals surface area contributed by atoms with E-state index in [2.05, 4.69) is 10.3 Å². The normalized spacial score (nSPS) is 10.6. The zero-order valence-electron chi connectivity index (χ0n) is 10.2. The molecule has 1 rings (SSSR count). The number of methoxy groups -OCH3 is 2. The Kier molecular flexibility index (Phi) is 5.01. The minimum absolute atomic E-state index is 0.242. The Bertz CT molecular complexity index is 297. The number of hydrogen-bond donors (Lipinski definition) is 1. The van der Waals surface area contributed by atoms with Crippen LogP contribution in [0.5, 0.6) is 0 Å². The van der Waals surface area contributed by atoms with Crippen LogP contribution in [0.25, 0.3) is 0 Å². The Balaban J connectivity index is 2.49. The SMILES string of the molecule is COC(CNc1ccc(N(C)C)nc1)OC. The number of nitrogens with one attached hydrogen (secondary N) is 1. The molecule has 0 aliphatic carbocycles. The molecule has 0 atom stereocenters. The van der Waals surface area contributed by atoms with E-state index in [-0.39, 0.29) is 6.29 Å². The highest BCUT2D eigenvalue weighted by Gasteiger charge is 2.04. The zero-order chi connectivity index (χ0) is 12.0. The molecule has 0 aliphatic heterocycles. The van der Waals surface area contributed by atoms with E-state index < -0.39 is 0 Å². The number of anilines is 2. The zero-order valence-corrected chi connectivity index (χ0v) is 10.2. The average molecular weight is 225 g/mol. The van der Waals surface area contributed by atoms with Gasteiger partial charge < -0.3 is 19.7 Å². The van der Waals surface area contributed by atoms with Crippen LogP contribution in [-0.4, -0.2) is 46.1 Å². The molecule has 0 saturated heterocycles. The first-order valence-corrected chi connectivity index (χ1v) is 5.10. The highest BCUT2D eigenvalue weighted by Crippen LogP contribution is 2.11. The van der Waals surface area contributed by atoms with Gasteiger partial charge in [-0.1, -0.05) is 0 Å². The van der Waals surface area contributed by atoms with Gasteiger partial charge in [-0.05, 0) is 12.1 Å². The summed E-state index contributed by atoms with van der Waals surface area (Å²) in [7, 11) is 7.15. The van der Waals surface area contributed by atoms with Crippen LogP contribution in [-0.2, 0) is 9.47 Å². The lowest BCUT2D eigenvalue weighted by atomic mass is 10.4. The summed E-state index contributed by atoms with van der Waals surface area (Å²) in [6, 6.07) is 3.93. The Morgan fingerprint density at radius 1 is 1.31 bits per heavy atom. The van der Waals surface area contributed by atoms with Crippen LogP contribution in [0.4, 0.5) is 11.5 Å². The number of ether oxygens (including phenoxy) is 2. The molecule has 16 heavy (non-hydrogen) atoms. The molecule has 0 radical (unpaired) electrons. The van der Waals surface area contributed by atoms with Gasteiger partial charge in [0.15, 0.2) is 6.29 Å². The average Bonchev–Trinajstić information content (AvgIpc) is 2.31. The van der Waals surface area contributed by atoms with Gasteiger partial charge in [0.2, 0.25) is 0 Å². The van der Waals surface area contributed by atoms with Crippen molar-refractivity contribution in [1.29, 1.82) is 0 Å². The van der Waals surface area contributed by atoms with Gasteiger partial charge in [-0.25, -0.2) is 4.98 Å². The van der Waals surface area contributed by atoms with E-state index in [0.29, 0.717) is 6.54 Å². The van der Waals surface area contributed by atoms with Gasteiger partial charge >= 0.3 is 0 Å². The minimum Gasteiger partial charge on any atom is -0.379 e. The van der Waals surface area contributed by atoms with E-state index >= 15 is 0 Å².